The minimum atomic E-state index is 0.741. The zero-order valence-corrected chi connectivity index (χ0v) is 6.29. The summed E-state index contributed by atoms with van der Waals surface area (Å²) in [5.74, 6) is 1.78. The van der Waals surface area contributed by atoms with Gasteiger partial charge in [0.05, 0.1) is 19.4 Å². The number of hydrogen-bond donors (Lipinski definition) is 1. The zero-order chi connectivity index (χ0) is 7.68. The average molecular weight is 153 g/mol. The summed E-state index contributed by atoms with van der Waals surface area (Å²) in [7, 11) is 0. The molecule has 1 aromatic heterocycles. The van der Waals surface area contributed by atoms with Crippen LogP contribution in [0.5, 0.6) is 0 Å². The SMILES string of the molecule is Nc1cnc2n1CCOCC2. The highest BCUT2D eigenvalue weighted by atomic mass is 16.5. The number of nitrogen functional groups attached to an aromatic ring is 1. The van der Waals surface area contributed by atoms with Crippen LogP contribution in [0.2, 0.25) is 0 Å². The van der Waals surface area contributed by atoms with E-state index in [-0.39, 0.29) is 0 Å². The van der Waals surface area contributed by atoms with Gasteiger partial charge in [-0.3, -0.25) is 0 Å². The molecular weight excluding hydrogens is 142 g/mol. The fourth-order valence-electron chi connectivity index (χ4n) is 1.31. The third kappa shape index (κ3) is 1.09. The van der Waals surface area contributed by atoms with Crippen LogP contribution in [-0.2, 0) is 17.7 Å². The van der Waals surface area contributed by atoms with Crippen molar-refractivity contribution >= 4 is 5.82 Å². The van der Waals surface area contributed by atoms with Crippen molar-refractivity contribution in [3.8, 4) is 0 Å². The van der Waals surface area contributed by atoms with E-state index in [1.54, 1.807) is 6.20 Å². The first-order valence-corrected chi connectivity index (χ1v) is 3.75. The molecule has 1 aromatic rings. The first kappa shape index (κ1) is 6.67. The molecule has 0 saturated heterocycles. The molecule has 0 saturated carbocycles. The molecule has 0 spiro atoms. The van der Waals surface area contributed by atoms with Crippen molar-refractivity contribution in [3.63, 3.8) is 0 Å². The molecule has 4 heteroatoms. The summed E-state index contributed by atoms with van der Waals surface area (Å²) in [4.78, 5) is 4.17. The van der Waals surface area contributed by atoms with Gasteiger partial charge < -0.3 is 15.0 Å². The van der Waals surface area contributed by atoms with Crippen LogP contribution in [0.15, 0.2) is 6.20 Å². The van der Waals surface area contributed by atoms with E-state index < -0.39 is 0 Å². The zero-order valence-electron chi connectivity index (χ0n) is 6.29. The van der Waals surface area contributed by atoms with Crippen molar-refractivity contribution in [1.82, 2.24) is 9.55 Å². The van der Waals surface area contributed by atoms with E-state index >= 15 is 0 Å². The quantitative estimate of drug-likeness (QED) is 0.572. The minimum absolute atomic E-state index is 0.741. The van der Waals surface area contributed by atoms with Crippen molar-refractivity contribution < 1.29 is 4.74 Å². The van der Waals surface area contributed by atoms with E-state index in [9.17, 15) is 0 Å². The Morgan fingerprint density at radius 3 is 3.36 bits per heavy atom. The normalized spacial score (nSPS) is 17.5. The summed E-state index contributed by atoms with van der Waals surface area (Å²) >= 11 is 0. The second kappa shape index (κ2) is 2.54. The largest absolute Gasteiger partial charge is 0.384 e. The van der Waals surface area contributed by atoms with Gasteiger partial charge in [0.1, 0.15) is 11.6 Å². The lowest BCUT2D eigenvalue weighted by Crippen LogP contribution is -2.06. The van der Waals surface area contributed by atoms with E-state index in [1.807, 2.05) is 4.57 Å². The van der Waals surface area contributed by atoms with Crippen LogP contribution in [0.25, 0.3) is 0 Å². The first-order chi connectivity index (χ1) is 5.38. The highest BCUT2D eigenvalue weighted by molar-refractivity contribution is 5.28. The van der Waals surface area contributed by atoms with Crippen LogP contribution in [0, 0.1) is 0 Å². The van der Waals surface area contributed by atoms with E-state index in [1.165, 1.54) is 0 Å². The Morgan fingerprint density at radius 1 is 1.55 bits per heavy atom. The number of nitrogens with zero attached hydrogens (tertiary/aromatic N) is 2. The summed E-state index contributed by atoms with van der Waals surface area (Å²) in [5, 5.41) is 0. The molecule has 0 unspecified atom stereocenters. The van der Waals surface area contributed by atoms with Crippen LogP contribution < -0.4 is 5.73 Å². The maximum atomic E-state index is 5.68. The van der Waals surface area contributed by atoms with Crippen LogP contribution in [0.1, 0.15) is 5.82 Å². The topological polar surface area (TPSA) is 53.1 Å². The molecule has 4 nitrogen and oxygen atoms in total. The number of hydrogen-bond acceptors (Lipinski definition) is 3. The lowest BCUT2D eigenvalue weighted by atomic mass is 10.4. The molecule has 0 fully saturated rings. The van der Waals surface area contributed by atoms with Gasteiger partial charge in [-0.15, -0.1) is 0 Å². The molecule has 0 aliphatic carbocycles. The predicted molar refractivity (Wildman–Crippen MR) is 41.2 cm³/mol. The predicted octanol–water partition coefficient (Wildman–Crippen LogP) is 0.0380. The molecule has 0 atom stereocenters. The lowest BCUT2D eigenvalue weighted by molar-refractivity contribution is 0.140. The average Bonchev–Trinajstić information content (AvgIpc) is 2.25. The number of aromatic nitrogens is 2. The van der Waals surface area contributed by atoms with Crippen molar-refractivity contribution in [3.05, 3.63) is 12.0 Å². The second-order valence-corrected chi connectivity index (χ2v) is 2.61. The van der Waals surface area contributed by atoms with Gasteiger partial charge in [0.15, 0.2) is 0 Å². The minimum Gasteiger partial charge on any atom is -0.384 e. The van der Waals surface area contributed by atoms with Crippen molar-refractivity contribution in [2.24, 2.45) is 0 Å². The third-order valence-corrected chi connectivity index (χ3v) is 1.90. The van der Waals surface area contributed by atoms with Crippen molar-refractivity contribution in [1.29, 1.82) is 0 Å². The first-order valence-electron chi connectivity index (χ1n) is 3.75. The molecule has 0 bridgehead atoms. The second-order valence-electron chi connectivity index (χ2n) is 2.61. The van der Waals surface area contributed by atoms with Crippen LogP contribution in [-0.4, -0.2) is 22.8 Å². The van der Waals surface area contributed by atoms with Gasteiger partial charge in [-0.25, -0.2) is 4.98 Å². The molecule has 60 valence electrons. The van der Waals surface area contributed by atoms with E-state index in [0.717, 1.165) is 37.8 Å². The fraction of sp³-hybridized carbons (Fsp3) is 0.571. The Hall–Kier alpha value is -1.03. The maximum Gasteiger partial charge on any atom is 0.123 e. The third-order valence-electron chi connectivity index (χ3n) is 1.90. The van der Waals surface area contributed by atoms with Crippen LogP contribution in [0.4, 0.5) is 5.82 Å². The Labute approximate surface area is 65.0 Å². The standard InChI is InChI=1S/C7H11N3O/c8-6-5-9-7-1-3-11-4-2-10(6)7/h5H,1-4,8H2. The fourth-order valence-corrected chi connectivity index (χ4v) is 1.31. The number of rotatable bonds is 0. The molecule has 1 aliphatic heterocycles. The van der Waals surface area contributed by atoms with Gasteiger partial charge >= 0.3 is 0 Å². The molecule has 0 radical (unpaired) electrons. The van der Waals surface area contributed by atoms with Gasteiger partial charge in [-0.1, -0.05) is 0 Å². The Morgan fingerprint density at radius 2 is 2.45 bits per heavy atom. The molecule has 2 heterocycles. The molecule has 2 rings (SSSR count). The summed E-state index contributed by atoms with van der Waals surface area (Å²) in [6.45, 7) is 2.34. The molecule has 1 aliphatic rings. The Bertz CT molecular complexity index is 256. The van der Waals surface area contributed by atoms with Gasteiger partial charge in [-0.2, -0.15) is 0 Å². The monoisotopic (exact) mass is 153 g/mol. The van der Waals surface area contributed by atoms with Gasteiger partial charge in [0.2, 0.25) is 0 Å². The molecule has 0 amide bonds. The highest BCUT2D eigenvalue weighted by Gasteiger charge is 2.09. The molecule has 2 N–H and O–H groups in total. The molecular formula is C7H11N3O. The van der Waals surface area contributed by atoms with E-state index in [2.05, 4.69) is 4.98 Å². The van der Waals surface area contributed by atoms with E-state index in [0.29, 0.717) is 0 Å². The number of fused-ring (bicyclic) bond motifs is 1. The summed E-state index contributed by atoms with van der Waals surface area (Å²) in [6.07, 6.45) is 2.58. The summed E-state index contributed by atoms with van der Waals surface area (Å²) in [5.41, 5.74) is 5.68. The summed E-state index contributed by atoms with van der Waals surface area (Å²) in [6, 6.07) is 0. The van der Waals surface area contributed by atoms with Crippen LogP contribution >= 0.6 is 0 Å². The smallest absolute Gasteiger partial charge is 0.123 e. The van der Waals surface area contributed by atoms with Gasteiger partial charge in [0, 0.05) is 13.0 Å². The summed E-state index contributed by atoms with van der Waals surface area (Å²) < 4.78 is 7.28. The highest BCUT2D eigenvalue weighted by Crippen LogP contribution is 2.10. The van der Waals surface area contributed by atoms with Gasteiger partial charge in [0.25, 0.3) is 0 Å². The Kier molecular flexibility index (Phi) is 1.54. The van der Waals surface area contributed by atoms with E-state index in [4.69, 9.17) is 10.5 Å². The maximum absolute atomic E-state index is 5.68. The molecule has 0 aromatic carbocycles. The van der Waals surface area contributed by atoms with Crippen molar-refractivity contribution in [2.75, 3.05) is 18.9 Å². The van der Waals surface area contributed by atoms with Crippen molar-refractivity contribution in [2.45, 2.75) is 13.0 Å². The lowest BCUT2D eigenvalue weighted by Gasteiger charge is -2.02. The van der Waals surface area contributed by atoms with Crippen LogP contribution in [0.3, 0.4) is 0 Å². The number of ether oxygens (including phenoxy) is 1. The number of nitrogens with two attached hydrogens (primary N) is 1. The Balaban J connectivity index is 2.35. The molecule has 11 heavy (non-hydrogen) atoms. The number of anilines is 1. The van der Waals surface area contributed by atoms with Gasteiger partial charge in [-0.05, 0) is 0 Å². The number of imidazole rings is 1.